The Bertz CT molecular complexity index is 481. The van der Waals surface area contributed by atoms with Crippen molar-refractivity contribution in [1.29, 1.82) is 0 Å². The first-order chi connectivity index (χ1) is 9.14. The number of benzene rings is 1. The van der Waals surface area contributed by atoms with Crippen LogP contribution in [0.5, 0.6) is 0 Å². The molecule has 0 saturated carbocycles. The molecule has 0 unspecified atom stereocenters. The molecule has 0 N–H and O–H groups in total. The molecular formula is C16H23BFO2. The molecule has 1 aliphatic heterocycles. The van der Waals surface area contributed by atoms with E-state index in [1.165, 1.54) is 6.07 Å². The molecular weight excluding hydrogens is 254 g/mol. The van der Waals surface area contributed by atoms with Gasteiger partial charge in [-0.25, -0.2) is 4.39 Å². The highest BCUT2D eigenvalue weighted by Gasteiger charge is 2.52. The van der Waals surface area contributed by atoms with Crippen molar-refractivity contribution in [3.63, 3.8) is 0 Å². The molecule has 1 fully saturated rings. The fourth-order valence-corrected chi connectivity index (χ4v) is 2.31. The smallest absolute Gasteiger partial charge is 0.399 e. The molecule has 0 aliphatic carbocycles. The van der Waals surface area contributed by atoms with Gasteiger partial charge in [0.15, 0.2) is 0 Å². The van der Waals surface area contributed by atoms with Crippen LogP contribution >= 0.6 is 0 Å². The SMILES string of the molecule is C[C](C)Cc1c(F)cccc1B1OC(C)(C)C(C)(C)O1. The molecule has 1 aliphatic rings. The lowest BCUT2D eigenvalue weighted by Crippen LogP contribution is -2.41. The van der Waals surface area contributed by atoms with Crippen LogP contribution in [-0.4, -0.2) is 18.3 Å². The van der Waals surface area contributed by atoms with Crippen molar-refractivity contribution < 1.29 is 13.7 Å². The van der Waals surface area contributed by atoms with Crippen LogP contribution in [-0.2, 0) is 15.7 Å². The van der Waals surface area contributed by atoms with Crippen LogP contribution in [0.1, 0.15) is 47.1 Å². The molecule has 0 amide bonds. The van der Waals surface area contributed by atoms with Crippen molar-refractivity contribution in [2.75, 3.05) is 0 Å². The van der Waals surface area contributed by atoms with E-state index in [2.05, 4.69) is 0 Å². The molecule has 1 radical (unpaired) electrons. The van der Waals surface area contributed by atoms with Gasteiger partial charge in [-0.3, -0.25) is 0 Å². The van der Waals surface area contributed by atoms with Gasteiger partial charge in [0.05, 0.1) is 11.2 Å². The molecule has 0 aromatic heterocycles. The van der Waals surface area contributed by atoms with Gasteiger partial charge in [0.25, 0.3) is 0 Å². The Morgan fingerprint density at radius 1 is 1.10 bits per heavy atom. The van der Waals surface area contributed by atoms with Crippen LogP contribution in [0.15, 0.2) is 18.2 Å². The maximum absolute atomic E-state index is 14.1. The summed E-state index contributed by atoms with van der Waals surface area (Å²) in [6.07, 6.45) is 0.603. The minimum absolute atomic E-state index is 0.196. The first-order valence-electron chi connectivity index (χ1n) is 7.06. The van der Waals surface area contributed by atoms with E-state index in [0.29, 0.717) is 12.0 Å². The van der Waals surface area contributed by atoms with E-state index in [1.807, 2.05) is 47.6 Å². The van der Waals surface area contributed by atoms with Crippen LogP contribution < -0.4 is 5.46 Å². The number of hydrogen-bond acceptors (Lipinski definition) is 2. The van der Waals surface area contributed by atoms with E-state index >= 15 is 0 Å². The molecule has 109 valence electrons. The third-order valence-corrected chi connectivity index (χ3v) is 4.19. The summed E-state index contributed by atoms with van der Waals surface area (Å²) in [5.74, 6) is 0.964. The third kappa shape index (κ3) is 2.77. The zero-order chi connectivity index (χ0) is 15.1. The van der Waals surface area contributed by atoms with Gasteiger partial charge in [0, 0.05) is 0 Å². The predicted octanol–water partition coefficient (Wildman–Crippen LogP) is 3.28. The van der Waals surface area contributed by atoms with Gasteiger partial charge in [0.1, 0.15) is 5.82 Å². The molecule has 0 bridgehead atoms. The topological polar surface area (TPSA) is 18.5 Å². The minimum atomic E-state index is -0.509. The highest BCUT2D eigenvalue weighted by molar-refractivity contribution is 6.62. The van der Waals surface area contributed by atoms with Gasteiger partial charge in [0.2, 0.25) is 0 Å². The summed E-state index contributed by atoms with van der Waals surface area (Å²) in [5.41, 5.74) is 0.647. The highest BCUT2D eigenvalue weighted by Crippen LogP contribution is 2.36. The monoisotopic (exact) mass is 277 g/mol. The summed E-state index contributed by atoms with van der Waals surface area (Å²) in [7, 11) is -0.509. The lowest BCUT2D eigenvalue weighted by atomic mass is 9.74. The molecule has 20 heavy (non-hydrogen) atoms. The molecule has 4 heteroatoms. The van der Waals surface area contributed by atoms with Gasteiger partial charge >= 0.3 is 7.12 Å². The molecule has 0 spiro atoms. The predicted molar refractivity (Wildman–Crippen MR) is 80.4 cm³/mol. The normalized spacial score (nSPS) is 20.7. The van der Waals surface area contributed by atoms with Gasteiger partial charge in [-0.05, 0) is 57.1 Å². The first kappa shape index (κ1) is 15.5. The Balaban J connectivity index is 2.37. The average Bonchev–Trinajstić information content (AvgIpc) is 2.50. The fourth-order valence-electron chi connectivity index (χ4n) is 2.31. The van der Waals surface area contributed by atoms with Crippen molar-refractivity contribution in [2.45, 2.75) is 59.2 Å². The lowest BCUT2D eigenvalue weighted by molar-refractivity contribution is 0.00578. The molecule has 1 aromatic carbocycles. The number of halogens is 1. The van der Waals surface area contributed by atoms with Crippen LogP contribution in [0.3, 0.4) is 0 Å². The van der Waals surface area contributed by atoms with Gasteiger partial charge in [-0.15, -0.1) is 0 Å². The quantitative estimate of drug-likeness (QED) is 0.789. The molecule has 1 saturated heterocycles. The number of rotatable bonds is 3. The van der Waals surface area contributed by atoms with Crippen molar-refractivity contribution in [3.05, 3.63) is 35.5 Å². The van der Waals surface area contributed by atoms with Crippen LogP contribution in [0.4, 0.5) is 4.39 Å². The second kappa shape index (κ2) is 5.16. The molecule has 2 rings (SSSR count). The summed E-state index contributed by atoms with van der Waals surface area (Å²) in [6.45, 7) is 12.0. The zero-order valence-corrected chi connectivity index (χ0v) is 13.2. The highest BCUT2D eigenvalue weighted by atomic mass is 19.1. The Hall–Kier alpha value is -0.865. The van der Waals surface area contributed by atoms with E-state index in [-0.39, 0.29) is 5.82 Å². The fraction of sp³-hybridized carbons (Fsp3) is 0.562. The van der Waals surface area contributed by atoms with Gasteiger partial charge in [-0.2, -0.15) is 0 Å². The summed E-state index contributed by atoms with van der Waals surface area (Å²) >= 11 is 0. The van der Waals surface area contributed by atoms with E-state index in [9.17, 15) is 4.39 Å². The summed E-state index contributed by atoms with van der Waals surface area (Å²) in [5, 5.41) is 0. The Morgan fingerprint density at radius 2 is 1.65 bits per heavy atom. The Labute approximate surface area is 121 Å². The van der Waals surface area contributed by atoms with Crippen molar-refractivity contribution >= 4 is 12.6 Å². The maximum Gasteiger partial charge on any atom is 0.495 e. The first-order valence-corrected chi connectivity index (χ1v) is 7.06. The van der Waals surface area contributed by atoms with Crippen LogP contribution in [0.25, 0.3) is 0 Å². The Morgan fingerprint density at radius 3 is 2.15 bits per heavy atom. The summed E-state index contributed by atoms with van der Waals surface area (Å²) in [4.78, 5) is 0. The standard InChI is InChI=1S/C16H23BFO2/c1-11(2)10-12-13(8-7-9-14(12)18)17-19-15(3,4)16(5,6)20-17/h7-9H,10H2,1-6H3. The van der Waals surface area contributed by atoms with Gasteiger partial charge in [-0.1, -0.05) is 26.0 Å². The van der Waals surface area contributed by atoms with E-state index < -0.39 is 18.3 Å². The van der Waals surface area contributed by atoms with Crippen molar-refractivity contribution in [2.24, 2.45) is 0 Å². The molecule has 1 heterocycles. The number of hydrogen-bond donors (Lipinski definition) is 0. The van der Waals surface area contributed by atoms with Crippen LogP contribution in [0.2, 0.25) is 0 Å². The maximum atomic E-state index is 14.1. The molecule has 0 atom stereocenters. The van der Waals surface area contributed by atoms with Crippen molar-refractivity contribution in [3.8, 4) is 0 Å². The summed E-state index contributed by atoms with van der Waals surface area (Å²) in [6, 6.07) is 5.10. The summed E-state index contributed by atoms with van der Waals surface area (Å²) < 4.78 is 26.2. The zero-order valence-electron chi connectivity index (χ0n) is 13.2. The Kier molecular flexibility index (Phi) is 4.00. The van der Waals surface area contributed by atoms with Crippen LogP contribution in [0, 0.1) is 11.7 Å². The average molecular weight is 277 g/mol. The third-order valence-electron chi connectivity index (χ3n) is 4.19. The minimum Gasteiger partial charge on any atom is -0.399 e. The molecule has 1 aromatic rings. The van der Waals surface area contributed by atoms with Gasteiger partial charge < -0.3 is 9.31 Å². The van der Waals surface area contributed by atoms with E-state index in [0.717, 1.165) is 11.4 Å². The van der Waals surface area contributed by atoms with E-state index in [4.69, 9.17) is 9.31 Å². The van der Waals surface area contributed by atoms with E-state index in [1.54, 1.807) is 6.07 Å². The van der Waals surface area contributed by atoms with Crippen molar-refractivity contribution in [1.82, 2.24) is 0 Å². The molecule has 2 nitrogen and oxygen atoms in total. The second-order valence-electron chi connectivity index (χ2n) is 6.78. The second-order valence-corrected chi connectivity index (χ2v) is 6.78. The lowest BCUT2D eigenvalue weighted by Gasteiger charge is -2.32. The largest absolute Gasteiger partial charge is 0.495 e.